The smallest absolute Gasteiger partial charge is 0.344 e. The number of nitrogens with zero attached hydrogens (tertiary/aromatic N) is 2. The van der Waals surface area contributed by atoms with Crippen LogP contribution in [0.4, 0.5) is 19.3 Å². The minimum Gasteiger partial charge on any atom is -0.391 e. The number of aryl methyl sites for hydroxylation is 1. The van der Waals surface area contributed by atoms with E-state index in [0.717, 1.165) is 17.7 Å². The molecule has 5 rings (SSSR count). The summed E-state index contributed by atoms with van der Waals surface area (Å²) in [5, 5.41) is 16.5. The SMILES string of the molecule is Cc1cc(NC(=O)N[C@@H]2c3cc(F)c(F)cc3C(C)(C)C[C@H]2O)c(C2CCOCC2)nc1-c1cnc(=O)[nH]c1. The number of aromatic amines is 1. The van der Waals surface area contributed by atoms with Gasteiger partial charge in [-0.1, -0.05) is 13.8 Å². The molecule has 0 spiro atoms. The van der Waals surface area contributed by atoms with Crippen LogP contribution < -0.4 is 16.3 Å². The Labute approximate surface area is 224 Å². The summed E-state index contributed by atoms with van der Waals surface area (Å²) in [5.41, 5.74) is 2.97. The van der Waals surface area contributed by atoms with Gasteiger partial charge in [0.2, 0.25) is 0 Å². The zero-order chi connectivity index (χ0) is 27.9. The van der Waals surface area contributed by atoms with Crippen LogP contribution in [0.3, 0.4) is 0 Å². The molecule has 3 aromatic rings. The van der Waals surface area contributed by atoms with Gasteiger partial charge < -0.3 is 25.5 Å². The van der Waals surface area contributed by atoms with Gasteiger partial charge in [-0.2, -0.15) is 0 Å². The topological polar surface area (TPSA) is 129 Å². The monoisotopic (exact) mass is 539 g/mol. The third kappa shape index (κ3) is 5.41. The highest BCUT2D eigenvalue weighted by molar-refractivity contribution is 5.91. The van der Waals surface area contributed by atoms with E-state index in [0.29, 0.717) is 59.8 Å². The van der Waals surface area contributed by atoms with Crippen LogP contribution in [0.1, 0.15) is 67.5 Å². The molecule has 4 N–H and O–H groups in total. The number of hydrogen-bond acceptors (Lipinski definition) is 6. The lowest BCUT2D eigenvalue weighted by Gasteiger charge is -2.40. The molecule has 206 valence electrons. The second kappa shape index (κ2) is 10.5. The molecule has 1 aliphatic carbocycles. The maximum absolute atomic E-state index is 14.2. The zero-order valence-corrected chi connectivity index (χ0v) is 22.0. The van der Waals surface area contributed by atoms with Crippen LogP contribution in [0.5, 0.6) is 0 Å². The van der Waals surface area contributed by atoms with Crippen molar-refractivity contribution in [2.75, 3.05) is 18.5 Å². The molecule has 1 aromatic carbocycles. The Hall–Kier alpha value is -3.70. The van der Waals surface area contributed by atoms with E-state index in [2.05, 4.69) is 20.6 Å². The van der Waals surface area contributed by atoms with Crippen molar-refractivity contribution in [1.29, 1.82) is 0 Å². The summed E-state index contributed by atoms with van der Waals surface area (Å²) in [6.45, 7) is 6.65. The van der Waals surface area contributed by atoms with Crippen molar-refractivity contribution >= 4 is 11.7 Å². The lowest BCUT2D eigenvalue weighted by Crippen LogP contribution is -2.45. The van der Waals surface area contributed by atoms with Crippen LogP contribution >= 0.6 is 0 Å². The second-order valence-corrected chi connectivity index (χ2v) is 10.9. The molecule has 0 radical (unpaired) electrons. The summed E-state index contributed by atoms with van der Waals surface area (Å²) < 4.78 is 33.8. The summed E-state index contributed by atoms with van der Waals surface area (Å²) in [4.78, 5) is 36.0. The number of urea groups is 1. The standard InChI is InChI=1S/C28H31F2N5O4/c1-14-8-21(24(15-4-6-39-7-5-15)34-23(14)16-12-31-26(37)32-13-16)33-27(38)35-25-17-9-19(29)20(30)10-18(17)28(2,3)11-22(25)36/h8-10,12-13,15,22,25,36H,4-7,11H2,1-3H3,(H,31,32,37)(H2,33,35,38)/t22-,25-/m1/s1. The fourth-order valence-electron chi connectivity index (χ4n) is 5.61. The van der Waals surface area contributed by atoms with Crippen LogP contribution in [0, 0.1) is 18.6 Å². The number of aromatic nitrogens is 3. The number of halogens is 2. The second-order valence-electron chi connectivity index (χ2n) is 10.9. The molecule has 1 saturated heterocycles. The summed E-state index contributed by atoms with van der Waals surface area (Å²) in [6.07, 6.45) is 3.67. The van der Waals surface area contributed by atoms with Crippen molar-refractivity contribution in [3.05, 3.63) is 75.1 Å². The van der Waals surface area contributed by atoms with Gasteiger partial charge in [0.05, 0.1) is 29.2 Å². The number of aliphatic hydroxyl groups is 1. The number of nitrogens with one attached hydrogen (secondary N) is 3. The lowest BCUT2D eigenvalue weighted by atomic mass is 9.69. The first kappa shape index (κ1) is 26.9. The van der Waals surface area contributed by atoms with Crippen molar-refractivity contribution in [3.63, 3.8) is 0 Å². The number of rotatable bonds is 4. The van der Waals surface area contributed by atoms with Gasteiger partial charge in [-0.15, -0.1) is 0 Å². The van der Waals surface area contributed by atoms with Crippen molar-refractivity contribution < 1.29 is 23.4 Å². The van der Waals surface area contributed by atoms with Gasteiger partial charge in [-0.25, -0.2) is 28.3 Å². The molecular formula is C28H31F2N5O4. The van der Waals surface area contributed by atoms with E-state index in [9.17, 15) is 23.5 Å². The molecule has 11 heteroatoms. The van der Waals surface area contributed by atoms with Crippen LogP contribution in [0.15, 0.2) is 35.4 Å². The number of carbonyl (C=O) groups is 1. The first-order chi connectivity index (χ1) is 18.5. The fraction of sp³-hybridized carbons (Fsp3) is 0.429. The summed E-state index contributed by atoms with van der Waals surface area (Å²) in [7, 11) is 0. The van der Waals surface area contributed by atoms with E-state index in [-0.39, 0.29) is 12.3 Å². The summed E-state index contributed by atoms with van der Waals surface area (Å²) in [6, 6.07) is 2.45. The Morgan fingerprint density at radius 2 is 1.90 bits per heavy atom. The van der Waals surface area contributed by atoms with Gasteiger partial charge >= 0.3 is 11.7 Å². The van der Waals surface area contributed by atoms with Crippen molar-refractivity contribution in [2.45, 2.75) is 63.5 Å². The molecule has 0 bridgehead atoms. The minimum absolute atomic E-state index is 0.0167. The van der Waals surface area contributed by atoms with Gasteiger partial charge in [0.25, 0.3) is 0 Å². The molecule has 1 aliphatic heterocycles. The number of fused-ring (bicyclic) bond motifs is 1. The average Bonchev–Trinajstić information content (AvgIpc) is 2.89. The van der Waals surface area contributed by atoms with E-state index < -0.39 is 40.9 Å². The molecule has 2 atom stereocenters. The van der Waals surface area contributed by atoms with Gasteiger partial charge in [0.15, 0.2) is 11.6 Å². The largest absolute Gasteiger partial charge is 0.391 e. The highest BCUT2D eigenvalue weighted by Crippen LogP contribution is 2.43. The lowest BCUT2D eigenvalue weighted by molar-refractivity contribution is 0.0846. The first-order valence-electron chi connectivity index (χ1n) is 12.9. The predicted molar refractivity (Wildman–Crippen MR) is 141 cm³/mol. The normalized spacial score (nSPS) is 20.8. The molecule has 9 nitrogen and oxygen atoms in total. The van der Waals surface area contributed by atoms with Crippen LogP contribution in [-0.4, -0.2) is 45.4 Å². The maximum Gasteiger partial charge on any atom is 0.344 e. The molecule has 1 fully saturated rings. The van der Waals surface area contributed by atoms with E-state index in [1.54, 1.807) is 12.3 Å². The van der Waals surface area contributed by atoms with Crippen molar-refractivity contribution in [1.82, 2.24) is 20.3 Å². The molecule has 39 heavy (non-hydrogen) atoms. The highest BCUT2D eigenvalue weighted by atomic mass is 19.2. The summed E-state index contributed by atoms with van der Waals surface area (Å²) >= 11 is 0. The summed E-state index contributed by atoms with van der Waals surface area (Å²) in [5.74, 6) is -2.00. The number of amides is 2. The Bertz CT molecular complexity index is 1450. The highest BCUT2D eigenvalue weighted by Gasteiger charge is 2.40. The number of aliphatic hydroxyl groups excluding tert-OH is 1. The zero-order valence-electron chi connectivity index (χ0n) is 22.0. The van der Waals surface area contributed by atoms with Gasteiger partial charge in [0.1, 0.15) is 0 Å². The molecular weight excluding hydrogens is 508 g/mol. The number of anilines is 1. The van der Waals surface area contributed by atoms with Crippen molar-refractivity contribution in [3.8, 4) is 11.3 Å². The first-order valence-corrected chi connectivity index (χ1v) is 12.9. The number of ether oxygens (including phenoxy) is 1. The van der Waals surface area contributed by atoms with Gasteiger partial charge in [-0.3, -0.25) is 0 Å². The quantitative estimate of drug-likeness (QED) is 0.393. The number of H-pyrrole nitrogens is 1. The molecule has 2 amide bonds. The van der Waals surface area contributed by atoms with Gasteiger partial charge in [-0.05, 0) is 66.5 Å². The van der Waals surface area contributed by atoms with E-state index in [1.165, 1.54) is 6.20 Å². The molecule has 2 aliphatic rings. The molecule has 3 heterocycles. The third-order valence-electron chi connectivity index (χ3n) is 7.59. The number of hydrogen-bond donors (Lipinski definition) is 4. The Kier molecular flexibility index (Phi) is 7.21. The minimum atomic E-state index is -1.04. The third-order valence-corrected chi connectivity index (χ3v) is 7.59. The average molecular weight is 540 g/mol. The van der Waals surface area contributed by atoms with E-state index in [1.807, 2.05) is 20.8 Å². The molecule has 2 aromatic heterocycles. The predicted octanol–water partition coefficient (Wildman–Crippen LogP) is 4.22. The molecule has 0 unspecified atom stereocenters. The van der Waals surface area contributed by atoms with Crippen LogP contribution in [0.25, 0.3) is 11.3 Å². The van der Waals surface area contributed by atoms with E-state index >= 15 is 0 Å². The Morgan fingerprint density at radius 3 is 2.59 bits per heavy atom. The fourth-order valence-corrected chi connectivity index (χ4v) is 5.61. The number of carbonyl (C=O) groups excluding carboxylic acids is 1. The molecule has 0 saturated carbocycles. The Morgan fingerprint density at radius 1 is 1.18 bits per heavy atom. The van der Waals surface area contributed by atoms with E-state index in [4.69, 9.17) is 9.72 Å². The number of pyridine rings is 1. The number of benzene rings is 1. The van der Waals surface area contributed by atoms with Crippen LogP contribution in [0.2, 0.25) is 0 Å². The van der Waals surface area contributed by atoms with Crippen molar-refractivity contribution in [2.24, 2.45) is 0 Å². The maximum atomic E-state index is 14.2. The van der Waals surface area contributed by atoms with Crippen LogP contribution in [-0.2, 0) is 10.2 Å². The Balaban J connectivity index is 1.47. The van der Waals surface area contributed by atoms with Gasteiger partial charge in [0, 0.05) is 37.1 Å².